The summed E-state index contributed by atoms with van der Waals surface area (Å²) in [6.45, 7) is 0.997. The first-order chi connectivity index (χ1) is 13.9. The van der Waals surface area contributed by atoms with Crippen molar-refractivity contribution in [3.63, 3.8) is 0 Å². The van der Waals surface area contributed by atoms with Gasteiger partial charge >= 0.3 is 18.0 Å². The number of ether oxygens (including phenoxy) is 2. The van der Waals surface area contributed by atoms with Crippen LogP contribution in [0.15, 0.2) is 18.2 Å². The molecule has 0 unspecified atom stereocenters. The molecule has 0 fully saturated rings. The highest BCUT2D eigenvalue weighted by molar-refractivity contribution is 6.05. The van der Waals surface area contributed by atoms with Crippen molar-refractivity contribution in [1.29, 1.82) is 0 Å². The second-order valence-corrected chi connectivity index (χ2v) is 6.14. The highest BCUT2D eigenvalue weighted by Crippen LogP contribution is 2.44. The average molecular weight is 437 g/mol. The molecule has 0 N–H and O–H groups in total. The number of carbonyl (C=O) groups excluding carboxylic acids is 2. The van der Waals surface area contributed by atoms with Crippen LogP contribution in [0.25, 0.3) is 11.1 Å². The lowest BCUT2D eigenvalue weighted by molar-refractivity contribution is -0.193. The van der Waals surface area contributed by atoms with E-state index in [1.807, 2.05) is 0 Å². The molecule has 3 rings (SSSR count). The van der Waals surface area contributed by atoms with Gasteiger partial charge in [0, 0.05) is 17.7 Å². The molecule has 1 amide bonds. The van der Waals surface area contributed by atoms with E-state index in [0.717, 1.165) is 14.0 Å². The molecule has 30 heavy (non-hydrogen) atoms. The highest BCUT2D eigenvalue weighted by atomic mass is 19.3. The fourth-order valence-corrected chi connectivity index (χ4v) is 2.91. The van der Waals surface area contributed by atoms with Crippen molar-refractivity contribution in [1.82, 2.24) is 0 Å². The molecule has 0 aliphatic carbocycles. The Labute approximate surface area is 163 Å². The molecule has 1 atom stereocenters. The Morgan fingerprint density at radius 1 is 1.03 bits per heavy atom. The lowest BCUT2D eigenvalue weighted by Crippen LogP contribution is -2.56. The van der Waals surface area contributed by atoms with E-state index in [-0.39, 0.29) is 17.0 Å². The molecule has 2 aromatic rings. The van der Waals surface area contributed by atoms with Crippen LogP contribution in [0.5, 0.6) is 5.75 Å². The van der Waals surface area contributed by atoms with Crippen LogP contribution in [0.1, 0.15) is 6.92 Å². The van der Waals surface area contributed by atoms with Gasteiger partial charge in [0.05, 0.1) is 18.4 Å². The van der Waals surface area contributed by atoms with Crippen molar-refractivity contribution in [3.05, 3.63) is 47.3 Å². The summed E-state index contributed by atoms with van der Waals surface area (Å²) in [4.78, 5) is 24.1. The predicted molar refractivity (Wildman–Crippen MR) is 86.2 cm³/mol. The Kier molecular flexibility index (Phi) is 5.12. The van der Waals surface area contributed by atoms with Gasteiger partial charge in [0.15, 0.2) is 23.2 Å². The van der Waals surface area contributed by atoms with E-state index in [1.54, 1.807) is 0 Å². The molecule has 0 radical (unpaired) electrons. The summed E-state index contributed by atoms with van der Waals surface area (Å²) in [5.74, 6) is -13.5. The maximum absolute atomic E-state index is 14.5. The summed E-state index contributed by atoms with van der Waals surface area (Å²) >= 11 is 0. The van der Waals surface area contributed by atoms with Crippen molar-refractivity contribution in [3.8, 4) is 16.9 Å². The number of nitrogens with zero attached hydrogens (tertiary/aromatic N) is 1. The Morgan fingerprint density at radius 2 is 1.67 bits per heavy atom. The smallest absolute Gasteiger partial charge is 0.467 e. The molecular weight excluding hydrogens is 427 g/mol. The Balaban J connectivity index is 2.29. The summed E-state index contributed by atoms with van der Waals surface area (Å²) in [6, 6.07) is -0.968. The van der Waals surface area contributed by atoms with Gasteiger partial charge in [-0.15, -0.1) is 0 Å². The number of rotatable bonds is 3. The van der Waals surface area contributed by atoms with Gasteiger partial charge in [0.2, 0.25) is 0 Å². The van der Waals surface area contributed by atoms with E-state index in [9.17, 15) is 40.3 Å². The van der Waals surface area contributed by atoms with Crippen LogP contribution < -0.4 is 9.64 Å². The van der Waals surface area contributed by atoms with Crippen molar-refractivity contribution < 1.29 is 49.8 Å². The maximum atomic E-state index is 14.5. The van der Waals surface area contributed by atoms with E-state index < -0.39 is 75.7 Å². The quantitative estimate of drug-likeness (QED) is 0.316. The molecule has 0 saturated carbocycles. The minimum Gasteiger partial charge on any atom is -0.467 e. The largest absolute Gasteiger partial charge is 0.483 e. The van der Waals surface area contributed by atoms with Crippen LogP contribution >= 0.6 is 0 Å². The third-order valence-electron chi connectivity index (χ3n) is 4.33. The molecule has 1 aliphatic heterocycles. The van der Waals surface area contributed by atoms with Crippen LogP contribution in [0, 0.1) is 29.1 Å². The van der Waals surface area contributed by atoms with E-state index in [2.05, 4.69) is 9.47 Å². The second kappa shape index (κ2) is 7.18. The van der Waals surface area contributed by atoms with Gasteiger partial charge in [-0.05, 0) is 13.0 Å². The lowest BCUT2D eigenvalue weighted by Gasteiger charge is -2.36. The van der Waals surface area contributed by atoms with Gasteiger partial charge in [-0.1, -0.05) is 0 Å². The number of hydrogen-bond acceptors (Lipinski definition) is 4. The zero-order valence-corrected chi connectivity index (χ0v) is 15.0. The first-order valence-corrected chi connectivity index (χ1v) is 8.06. The van der Waals surface area contributed by atoms with Crippen LogP contribution in [0.4, 0.5) is 36.4 Å². The van der Waals surface area contributed by atoms with Crippen LogP contribution in [0.3, 0.4) is 0 Å². The number of alkyl halides is 2. The number of amides is 1. The van der Waals surface area contributed by atoms with Crippen molar-refractivity contribution >= 4 is 17.6 Å². The summed E-state index contributed by atoms with van der Waals surface area (Å²) in [6.07, 6.45) is -4.50. The Morgan fingerprint density at radius 3 is 2.27 bits per heavy atom. The zero-order valence-electron chi connectivity index (χ0n) is 15.0. The zero-order chi connectivity index (χ0) is 22.5. The predicted octanol–water partition coefficient (Wildman–Crippen LogP) is 3.93. The van der Waals surface area contributed by atoms with Crippen molar-refractivity contribution in [2.45, 2.75) is 19.1 Å². The van der Waals surface area contributed by atoms with Crippen LogP contribution in [-0.4, -0.2) is 31.1 Å². The summed E-state index contributed by atoms with van der Waals surface area (Å²) in [7, 11) is 0.908. The number of benzene rings is 2. The van der Waals surface area contributed by atoms with Gasteiger partial charge in [0.1, 0.15) is 17.7 Å². The average Bonchev–Trinajstić information content (AvgIpc) is 2.67. The molecular formula is C18H10F7NO4. The van der Waals surface area contributed by atoms with Crippen molar-refractivity contribution in [2.75, 3.05) is 12.0 Å². The van der Waals surface area contributed by atoms with Gasteiger partial charge in [-0.25, -0.2) is 26.7 Å². The topological polar surface area (TPSA) is 55.8 Å². The fourth-order valence-electron chi connectivity index (χ4n) is 2.91. The molecule has 0 saturated heterocycles. The minimum absolute atomic E-state index is 0.0444. The van der Waals surface area contributed by atoms with E-state index in [0.29, 0.717) is 6.07 Å². The molecule has 1 aliphatic rings. The van der Waals surface area contributed by atoms with Crippen LogP contribution in [-0.2, 0) is 14.3 Å². The normalized spacial score (nSPS) is 16.0. The molecule has 0 spiro atoms. The third kappa shape index (κ3) is 3.21. The molecule has 1 heterocycles. The monoisotopic (exact) mass is 437 g/mol. The van der Waals surface area contributed by atoms with Gasteiger partial charge in [0.25, 0.3) is 0 Å². The number of halogens is 7. The summed E-state index contributed by atoms with van der Waals surface area (Å²) in [5, 5.41) is 0. The first kappa shape index (κ1) is 21.4. The molecule has 2 aromatic carbocycles. The van der Waals surface area contributed by atoms with Gasteiger partial charge in [-0.2, -0.15) is 8.78 Å². The number of fused-ring (bicyclic) bond motifs is 1. The SMILES string of the molecule is COC(=O)[C@@H](C)N1C(=O)C(F)(F)Oc2cc(F)c(-c3c(F)cc(F)c(F)c3F)cc21. The highest BCUT2D eigenvalue weighted by Gasteiger charge is 2.53. The number of esters is 1. The van der Waals surface area contributed by atoms with E-state index >= 15 is 0 Å². The molecule has 12 heteroatoms. The number of carbonyl (C=O) groups is 2. The number of methoxy groups -OCH3 is 1. The fraction of sp³-hybridized carbons (Fsp3) is 0.222. The Bertz CT molecular complexity index is 1070. The van der Waals surface area contributed by atoms with E-state index in [1.165, 1.54) is 0 Å². The molecule has 160 valence electrons. The summed E-state index contributed by atoms with van der Waals surface area (Å²) in [5.41, 5.74) is -3.07. The molecule has 0 aromatic heterocycles. The van der Waals surface area contributed by atoms with Gasteiger partial charge in [-0.3, -0.25) is 9.69 Å². The first-order valence-electron chi connectivity index (χ1n) is 8.06. The minimum atomic E-state index is -4.50. The third-order valence-corrected chi connectivity index (χ3v) is 4.33. The van der Waals surface area contributed by atoms with Crippen molar-refractivity contribution in [2.24, 2.45) is 0 Å². The summed E-state index contributed by atoms with van der Waals surface area (Å²) < 4.78 is 106. The standard InChI is InChI=1S/C18H10F7NO4/c1-6(16(27)29-2)26-11-3-7(13-9(20)4-10(21)14(22)15(13)23)8(19)5-12(11)30-18(24,25)17(26)28/h3-6H,1-2H3/t6-/m1/s1. The maximum Gasteiger partial charge on any atom is 0.483 e. The Hall–Kier alpha value is -3.31. The number of hydrogen-bond donors (Lipinski definition) is 0. The number of anilines is 1. The van der Waals surface area contributed by atoms with E-state index in [4.69, 9.17) is 0 Å². The van der Waals surface area contributed by atoms with Gasteiger partial charge < -0.3 is 9.47 Å². The molecule has 0 bridgehead atoms. The molecule has 5 nitrogen and oxygen atoms in total. The lowest BCUT2D eigenvalue weighted by atomic mass is 10.0. The van der Waals surface area contributed by atoms with Crippen LogP contribution in [0.2, 0.25) is 0 Å². The second-order valence-electron chi connectivity index (χ2n) is 6.14.